The lowest BCUT2D eigenvalue weighted by Crippen LogP contribution is -2.12. The summed E-state index contributed by atoms with van der Waals surface area (Å²) < 4.78 is 8.41. The van der Waals surface area contributed by atoms with Crippen molar-refractivity contribution in [2.45, 2.75) is 50.8 Å². The Kier molecular flexibility index (Phi) is 7.29. The molecule has 0 atom stereocenters. The molecule has 17 heavy (non-hydrogen) atoms. The molecular weight excluding hydrogens is 230 g/mol. The average Bonchev–Trinajstić information content (AvgIpc) is 2.41. The molecule has 2 rings (SSSR count). The second kappa shape index (κ2) is 8.54. The van der Waals surface area contributed by atoms with Crippen LogP contribution in [-0.4, -0.2) is 9.54 Å². The minimum absolute atomic E-state index is 0.706. The molecular formula is C14H23NOS. The number of aromatic nitrogens is 1. The predicted octanol–water partition coefficient (Wildman–Crippen LogP) is 4.87. The first-order valence-corrected chi connectivity index (χ1v) is 7.23. The molecule has 0 saturated heterocycles. The number of hydrogen-bond acceptors (Lipinski definition) is 3. The van der Waals surface area contributed by atoms with E-state index in [9.17, 15) is 0 Å². The van der Waals surface area contributed by atoms with Crippen LogP contribution in [0.3, 0.4) is 0 Å². The van der Waals surface area contributed by atoms with Gasteiger partial charge < -0.3 is 4.55 Å². The summed E-state index contributed by atoms with van der Waals surface area (Å²) in [5, 5.41) is 0. The van der Waals surface area contributed by atoms with Crippen molar-refractivity contribution in [3.8, 4) is 0 Å². The Bertz CT molecular complexity index is 284. The van der Waals surface area contributed by atoms with E-state index in [1.165, 1.54) is 32.1 Å². The number of pyridine rings is 1. The van der Waals surface area contributed by atoms with E-state index < -0.39 is 0 Å². The van der Waals surface area contributed by atoms with Crippen molar-refractivity contribution in [1.82, 2.24) is 4.98 Å². The van der Waals surface area contributed by atoms with Gasteiger partial charge in [-0.05, 0) is 24.0 Å². The Morgan fingerprint density at radius 1 is 1.29 bits per heavy atom. The molecule has 1 saturated carbocycles. The molecule has 0 radical (unpaired) electrons. The van der Waals surface area contributed by atoms with Gasteiger partial charge in [0.05, 0.1) is 4.90 Å². The Labute approximate surface area is 109 Å². The standard InChI is InChI=1S/C9H18.C5H5NOS/c1-8(2)9-6-4-3-5-7-9;7-8-5-2-1-3-6-4-5/h8-9H,3-7H2,1-2H3;1-4,7H. The molecule has 2 nitrogen and oxygen atoms in total. The Hall–Kier alpha value is -0.540. The lowest BCUT2D eigenvalue weighted by Gasteiger charge is -2.24. The Morgan fingerprint density at radius 3 is 2.35 bits per heavy atom. The fourth-order valence-electron chi connectivity index (χ4n) is 2.20. The molecule has 1 aliphatic carbocycles. The molecule has 0 bridgehead atoms. The van der Waals surface area contributed by atoms with Crippen LogP contribution in [0.2, 0.25) is 0 Å². The molecule has 1 N–H and O–H groups in total. The van der Waals surface area contributed by atoms with E-state index in [-0.39, 0.29) is 0 Å². The molecule has 0 amide bonds. The third-order valence-corrected chi connectivity index (χ3v) is 3.78. The normalized spacial score (nSPS) is 16.5. The monoisotopic (exact) mass is 253 g/mol. The van der Waals surface area contributed by atoms with Crippen molar-refractivity contribution in [1.29, 1.82) is 0 Å². The first kappa shape index (κ1) is 14.5. The second-order valence-corrected chi connectivity index (χ2v) is 5.58. The highest BCUT2D eigenvalue weighted by atomic mass is 32.2. The number of rotatable bonds is 2. The van der Waals surface area contributed by atoms with Crippen LogP contribution >= 0.6 is 12.0 Å². The van der Waals surface area contributed by atoms with E-state index >= 15 is 0 Å². The van der Waals surface area contributed by atoms with Crippen LogP contribution in [0.5, 0.6) is 0 Å². The molecule has 0 spiro atoms. The molecule has 1 aliphatic rings. The lowest BCUT2D eigenvalue weighted by molar-refractivity contribution is 0.279. The molecule has 0 aliphatic heterocycles. The van der Waals surface area contributed by atoms with E-state index in [1.54, 1.807) is 24.5 Å². The van der Waals surface area contributed by atoms with E-state index in [0.717, 1.165) is 16.7 Å². The summed E-state index contributed by atoms with van der Waals surface area (Å²) >= 11 is 0.706. The van der Waals surface area contributed by atoms with Crippen molar-refractivity contribution in [2.75, 3.05) is 0 Å². The maximum absolute atomic E-state index is 8.41. The molecule has 1 heterocycles. The highest BCUT2D eigenvalue weighted by Crippen LogP contribution is 2.29. The van der Waals surface area contributed by atoms with Gasteiger partial charge in [0.25, 0.3) is 0 Å². The van der Waals surface area contributed by atoms with Crippen molar-refractivity contribution in [3.05, 3.63) is 24.5 Å². The molecule has 0 aromatic carbocycles. The largest absolute Gasteiger partial charge is 0.325 e. The van der Waals surface area contributed by atoms with Crippen molar-refractivity contribution >= 4 is 12.0 Å². The number of hydrogen-bond donors (Lipinski definition) is 1. The van der Waals surface area contributed by atoms with Crippen molar-refractivity contribution in [3.63, 3.8) is 0 Å². The fourth-order valence-corrected chi connectivity index (χ4v) is 2.45. The first-order valence-electron chi connectivity index (χ1n) is 6.45. The first-order chi connectivity index (χ1) is 8.24. The summed E-state index contributed by atoms with van der Waals surface area (Å²) in [5.41, 5.74) is 0. The zero-order valence-corrected chi connectivity index (χ0v) is 11.6. The Balaban J connectivity index is 0.000000171. The maximum Gasteiger partial charge on any atom is 0.0534 e. The summed E-state index contributed by atoms with van der Waals surface area (Å²) in [6.07, 6.45) is 10.7. The molecule has 1 aromatic heterocycles. The molecule has 3 heteroatoms. The second-order valence-electron chi connectivity index (χ2n) is 4.92. The SMILES string of the molecule is CC(C)C1CCCCC1.OSc1cccnc1. The summed E-state index contributed by atoms with van der Waals surface area (Å²) in [6, 6.07) is 3.57. The molecule has 1 aromatic rings. The Morgan fingerprint density at radius 2 is 2.00 bits per heavy atom. The zero-order valence-electron chi connectivity index (χ0n) is 10.8. The summed E-state index contributed by atoms with van der Waals surface area (Å²) in [4.78, 5) is 4.55. The van der Waals surface area contributed by atoms with Crippen LogP contribution in [0.4, 0.5) is 0 Å². The van der Waals surface area contributed by atoms with Crippen LogP contribution < -0.4 is 0 Å². The highest BCUT2D eigenvalue weighted by Gasteiger charge is 2.15. The topological polar surface area (TPSA) is 33.1 Å². The van der Waals surface area contributed by atoms with Gasteiger partial charge in [-0.15, -0.1) is 0 Å². The van der Waals surface area contributed by atoms with Gasteiger partial charge in [-0.25, -0.2) is 0 Å². The fraction of sp³-hybridized carbons (Fsp3) is 0.643. The van der Waals surface area contributed by atoms with Gasteiger partial charge in [0.1, 0.15) is 0 Å². The third kappa shape index (κ3) is 6.08. The third-order valence-electron chi connectivity index (χ3n) is 3.33. The quantitative estimate of drug-likeness (QED) is 0.763. The van der Waals surface area contributed by atoms with E-state index in [1.807, 2.05) is 0 Å². The van der Waals surface area contributed by atoms with Gasteiger partial charge in [-0.2, -0.15) is 0 Å². The van der Waals surface area contributed by atoms with Gasteiger partial charge in [0, 0.05) is 24.4 Å². The predicted molar refractivity (Wildman–Crippen MR) is 74.1 cm³/mol. The van der Waals surface area contributed by atoms with Crippen LogP contribution in [0.1, 0.15) is 46.0 Å². The smallest absolute Gasteiger partial charge is 0.0534 e. The van der Waals surface area contributed by atoms with E-state index in [4.69, 9.17) is 4.55 Å². The zero-order chi connectivity index (χ0) is 12.5. The van der Waals surface area contributed by atoms with Gasteiger partial charge in [-0.3, -0.25) is 4.98 Å². The minimum atomic E-state index is 0.706. The van der Waals surface area contributed by atoms with Crippen molar-refractivity contribution in [2.24, 2.45) is 11.8 Å². The van der Waals surface area contributed by atoms with Crippen LogP contribution in [0.15, 0.2) is 29.4 Å². The summed E-state index contributed by atoms with van der Waals surface area (Å²) in [7, 11) is 0. The van der Waals surface area contributed by atoms with Gasteiger partial charge in [0.2, 0.25) is 0 Å². The van der Waals surface area contributed by atoms with Gasteiger partial charge >= 0.3 is 0 Å². The summed E-state index contributed by atoms with van der Waals surface area (Å²) in [5.74, 6) is 1.99. The average molecular weight is 253 g/mol. The minimum Gasteiger partial charge on any atom is -0.325 e. The van der Waals surface area contributed by atoms with Crippen molar-refractivity contribution < 1.29 is 4.55 Å². The van der Waals surface area contributed by atoms with Crippen LogP contribution in [-0.2, 0) is 0 Å². The van der Waals surface area contributed by atoms with Gasteiger partial charge in [0.15, 0.2) is 0 Å². The maximum atomic E-state index is 8.41. The highest BCUT2D eigenvalue weighted by molar-refractivity contribution is 7.93. The van der Waals surface area contributed by atoms with E-state index in [0.29, 0.717) is 12.0 Å². The van der Waals surface area contributed by atoms with Gasteiger partial charge in [-0.1, -0.05) is 46.0 Å². The molecule has 1 fully saturated rings. The lowest BCUT2D eigenvalue weighted by atomic mass is 9.82. The molecule has 0 unspecified atom stereocenters. The summed E-state index contributed by atoms with van der Waals surface area (Å²) in [6.45, 7) is 4.71. The number of nitrogens with zero attached hydrogens (tertiary/aromatic N) is 1. The van der Waals surface area contributed by atoms with Crippen LogP contribution in [0.25, 0.3) is 0 Å². The van der Waals surface area contributed by atoms with E-state index in [2.05, 4.69) is 18.8 Å². The molecule has 96 valence electrons. The van der Waals surface area contributed by atoms with Crippen LogP contribution in [0, 0.1) is 11.8 Å².